The lowest BCUT2D eigenvalue weighted by molar-refractivity contribution is -0.134. The maximum Gasteiger partial charge on any atom is 0.239 e. The molecule has 3 nitrogen and oxygen atoms in total. The van der Waals surface area contributed by atoms with Crippen molar-refractivity contribution in [1.29, 1.82) is 0 Å². The van der Waals surface area contributed by atoms with Gasteiger partial charge in [-0.15, -0.1) is 11.8 Å². The molecule has 2 unspecified atom stereocenters. The third-order valence-electron chi connectivity index (χ3n) is 4.45. The lowest BCUT2D eigenvalue weighted by Gasteiger charge is -2.33. The first-order valence-corrected chi connectivity index (χ1v) is 9.01. The van der Waals surface area contributed by atoms with Gasteiger partial charge in [0.15, 0.2) is 0 Å². The van der Waals surface area contributed by atoms with Crippen LogP contribution < -0.4 is 5.32 Å². The molecule has 2 heterocycles. The molecule has 0 saturated carbocycles. The molecule has 0 aromatic heterocycles. The van der Waals surface area contributed by atoms with Gasteiger partial charge in [-0.1, -0.05) is 18.2 Å². The highest BCUT2D eigenvalue weighted by atomic mass is 32.2. The number of thioether (sulfide) groups is 1. The van der Waals surface area contributed by atoms with Gasteiger partial charge < -0.3 is 4.90 Å². The average Bonchev–Trinajstić information content (AvgIpc) is 2.55. The van der Waals surface area contributed by atoms with Gasteiger partial charge in [0.2, 0.25) is 5.91 Å². The number of nitrogens with one attached hydrogen (secondary N) is 1. The van der Waals surface area contributed by atoms with Gasteiger partial charge in [0.05, 0.1) is 6.04 Å². The van der Waals surface area contributed by atoms with Gasteiger partial charge in [0.1, 0.15) is 0 Å². The predicted octanol–water partition coefficient (Wildman–Crippen LogP) is 3.21. The highest BCUT2D eigenvalue weighted by Gasteiger charge is 2.27. The number of amides is 1. The summed E-state index contributed by atoms with van der Waals surface area (Å²) >= 11 is 1.92. The van der Waals surface area contributed by atoms with E-state index in [0.717, 1.165) is 38.1 Å². The number of hydrogen-bond donors (Lipinski definition) is 1. The zero-order valence-corrected chi connectivity index (χ0v) is 13.5. The Morgan fingerprint density at radius 2 is 2.05 bits per heavy atom. The number of likely N-dealkylation sites (tertiary alicyclic amines) is 1. The molecule has 1 N–H and O–H groups in total. The van der Waals surface area contributed by atoms with Crippen LogP contribution in [0.4, 0.5) is 0 Å². The standard InChI is InChI=1S/C17H24N2OS/c1-13(17(20)19-10-5-2-6-11-19)18-15-9-12-21-16-8-4-3-7-14(15)16/h3-4,7-8,13,15,18H,2,5-6,9-12H2,1H3. The monoisotopic (exact) mass is 304 g/mol. The van der Waals surface area contributed by atoms with Crippen LogP contribution in [-0.2, 0) is 4.79 Å². The van der Waals surface area contributed by atoms with Crippen molar-refractivity contribution in [3.63, 3.8) is 0 Å². The van der Waals surface area contributed by atoms with E-state index in [1.54, 1.807) is 0 Å². The molecule has 0 aliphatic carbocycles. The number of fused-ring (bicyclic) bond motifs is 1. The van der Waals surface area contributed by atoms with Crippen molar-refractivity contribution in [2.24, 2.45) is 0 Å². The molecular weight excluding hydrogens is 280 g/mol. The fourth-order valence-electron chi connectivity index (χ4n) is 3.28. The fourth-order valence-corrected chi connectivity index (χ4v) is 4.40. The zero-order valence-electron chi connectivity index (χ0n) is 12.7. The summed E-state index contributed by atoms with van der Waals surface area (Å²) in [6, 6.07) is 8.78. The molecule has 2 atom stereocenters. The molecule has 3 rings (SSSR count). The van der Waals surface area contributed by atoms with E-state index >= 15 is 0 Å². The smallest absolute Gasteiger partial charge is 0.239 e. The van der Waals surface area contributed by atoms with Crippen LogP contribution in [0.2, 0.25) is 0 Å². The number of piperidine rings is 1. The van der Waals surface area contributed by atoms with E-state index in [0.29, 0.717) is 6.04 Å². The molecule has 21 heavy (non-hydrogen) atoms. The minimum Gasteiger partial charge on any atom is -0.341 e. The Bertz CT molecular complexity index is 499. The molecule has 0 spiro atoms. The SMILES string of the molecule is CC(NC1CCSc2ccccc21)C(=O)N1CCCCC1. The fraction of sp³-hybridized carbons (Fsp3) is 0.588. The Morgan fingerprint density at radius 3 is 2.86 bits per heavy atom. The summed E-state index contributed by atoms with van der Waals surface area (Å²) < 4.78 is 0. The molecule has 1 fully saturated rings. The summed E-state index contributed by atoms with van der Waals surface area (Å²) in [6.45, 7) is 3.88. The molecule has 1 aromatic carbocycles. The number of hydrogen-bond acceptors (Lipinski definition) is 3. The van der Waals surface area contributed by atoms with E-state index in [9.17, 15) is 4.79 Å². The summed E-state index contributed by atoms with van der Waals surface area (Å²) in [5.74, 6) is 1.39. The molecule has 0 radical (unpaired) electrons. The third-order valence-corrected chi connectivity index (χ3v) is 5.57. The molecule has 1 aromatic rings. The summed E-state index contributed by atoms with van der Waals surface area (Å²) in [4.78, 5) is 15.9. The number of carbonyl (C=O) groups is 1. The van der Waals surface area contributed by atoms with Crippen molar-refractivity contribution >= 4 is 17.7 Å². The zero-order chi connectivity index (χ0) is 14.7. The maximum atomic E-state index is 12.5. The summed E-state index contributed by atoms with van der Waals surface area (Å²) in [7, 11) is 0. The maximum absolute atomic E-state index is 12.5. The lowest BCUT2D eigenvalue weighted by atomic mass is 10.0. The average molecular weight is 304 g/mol. The third kappa shape index (κ3) is 3.43. The molecule has 1 saturated heterocycles. The van der Waals surface area contributed by atoms with Crippen LogP contribution in [0.25, 0.3) is 0 Å². The van der Waals surface area contributed by atoms with E-state index in [-0.39, 0.29) is 11.9 Å². The van der Waals surface area contributed by atoms with Crippen LogP contribution in [-0.4, -0.2) is 35.7 Å². The van der Waals surface area contributed by atoms with Crippen LogP contribution in [0, 0.1) is 0 Å². The first kappa shape index (κ1) is 14.9. The summed E-state index contributed by atoms with van der Waals surface area (Å²) in [5.41, 5.74) is 1.35. The van der Waals surface area contributed by atoms with E-state index in [1.165, 1.54) is 16.9 Å². The second-order valence-electron chi connectivity index (χ2n) is 6.00. The number of carbonyl (C=O) groups excluding carboxylic acids is 1. The molecule has 0 bridgehead atoms. The van der Waals surface area contributed by atoms with Crippen LogP contribution in [0.3, 0.4) is 0 Å². The van der Waals surface area contributed by atoms with Crippen molar-refractivity contribution in [3.05, 3.63) is 29.8 Å². The number of nitrogens with zero attached hydrogens (tertiary/aromatic N) is 1. The van der Waals surface area contributed by atoms with Crippen molar-refractivity contribution in [1.82, 2.24) is 10.2 Å². The Morgan fingerprint density at radius 1 is 1.29 bits per heavy atom. The molecule has 114 valence electrons. The Labute approximate surface area is 131 Å². The van der Waals surface area contributed by atoms with Gasteiger partial charge >= 0.3 is 0 Å². The van der Waals surface area contributed by atoms with Gasteiger partial charge in [0, 0.05) is 24.0 Å². The Hall–Kier alpha value is -1.00. The highest BCUT2D eigenvalue weighted by Crippen LogP contribution is 2.36. The lowest BCUT2D eigenvalue weighted by Crippen LogP contribution is -2.48. The van der Waals surface area contributed by atoms with Crippen LogP contribution in [0.5, 0.6) is 0 Å². The van der Waals surface area contributed by atoms with E-state index in [1.807, 2.05) is 23.6 Å². The molecule has 2 aliphatic rings. The summed E-state index contributed by atoms with van der Waals surface area (Å²) in [5, 5.41) is 3.57. The number of benzene rings is 1. The largest absolute Gasteiger partial charge is 0.341 e. The van der Waals surface area contributed by atoms with E-state index in [2.05, 4.69) is 29.6 Å². The van der Waals surface area contributed by atoms with Gasteiger partial charge in [-0.25, -0.2) is 0 Å². The number of rotatable bonds is 3. The normalized spacial score (nSPS) is 23.5. The predicted molar refractivity (Wildman–Crippen MR) is 87.6 cm³/mol. The van der Waals surface area contributed by atoms with Gasteiger partial charge in [0.25, 0.3) is 0 Å². The van der Waals surface area contributed by atoms with E-state index < -0.39 is 0 Å². The summed E-state index contributed by atoms with van der Waals surface area (Å²) in [6.07, 6.45) is 4.67. The van der Waals surface area contributed by atoms with Crippen molar-refractivity contribution in [2.45, 2.75) is 49.6 Å². The first-order valence-electron chi connectivity index (χ1n) is 8.02. The van der Waals surface area contributed by atoms with Crippen molar-refractivity contribution < 1.29 is 4.79 Å². The first-order chi connectivity index (χ1) is 10.3. The second kappa shape index (κ2) is 6.84. The Kier molecular flexibility index (Phi) is 4.86. The van der Waals surface area contributed by atoms with Crippen LogP contribution >= 0.6 is 11.8 Å². The molecule has 4 heteroatoms. The van der Waals surface area contributed by atoms with Gasteiger partial charge in [-0.05, 0) is 50.0 Å². The van der Waals surface area contributed by atoms with Gasteiger partial charge in [-0.2, -0.15) is 0 Å². The van der Waals surface area contributed by atoms with Crippen molar-refractivity contribution in [3.8, 4) is 0 Å². The second-order valence-corrected chi connectivity index (χ2v) is 7.14. The topological polar surface area (TPSA) is 32.3 Å². The van der Waals surface area contributed by atoms with Gasteiger partial charge in [-0.3, -0.25) is 10.1 Å². The highest BCUT2D eigenvalue weighted by molar-refractivity contribution is 7.99. The quantitative estimate of drug-likeness (QED) is 0.930. The minimum absolute atomic E-state index is 0.0933. The molecule has 1 amide bonds. The van der Waals surface area contributed by atoms with Crippen LogP contribution in [0.15, 0.2) is 29.2 Å². The van der Waals surface area contributed by atoms with Crippen molar-refractivity contribution in [2.75, 3.05) is 18.8 Å². The Balaban J connectivity index is 1.65. The van der Waals surface area contributed by atoms with Crippen LogP contribution in [0.1, 0.15) is 44.2 Å². The van der Waals surface area contributed by atoms with E-state index in [4.69, 9.17) is 0 Å². The molecule has 2 aliphatic heterocycles. The minimum atomic E-state index is -0.0933. The molecular formula is C17H24N2OS.